The van der Waals surface area contributed by atoms with Gasteiger partial charge in [-0.25, -0.2) is 0 Å². The maximum absolute atomic E-state index is 11.8. The predicted molar refractivity (Wildman–Crippen MR) is 64.8 cm³/mol. The number of benzene rings is 1. The van der Waals surface area contributed by atoms with Gasteiger partial charge in [-0.2, -0.15) is 0 Å². The zero-order valence-corrected chi connectivity index (χ0v) is 9.75. The van der Waals surface area contributed by atoms with Crippen molar-refractivity contribution in [2.75, 3.05) is 13.2 Å². The third-order valence-electron chi connectivity index (χ3n) is 1.98. The molecule has 0 aliphatic carbocycles. The average molecular weight is 219 g/mol. The minimum absolute atomic E-state index is 0.132. The van der Waals surface area contributed by atoms with Gasteiger partial charge in [0, 0.05) is 6.54 Å². The summed E-state index contributed by atoms with van der Waals surface area (Å²) in [6.45, 7) is 8.53. The van der Waals surface area contributed by atoms with Gasteiger partial charge in [0.2, 0.25) is 0 Å². The molecule has 0 aliphatic heterocycles. The van der Waals surface area contributed by atoms with Crippen LogP contribution in [0.1, 0.15) is 24.2 Å². The molecule has 1 amide bonds. The van der Waals surface area contributed by atoms with Crippen molar-refractivity contribution in [1.29, 1.82) is 0 Å². The van der Waals surface area contributed by atoms with Crippen LogP contribution in [0.4, 0.5) is 0 Å². The highest BCUT2D eigenvalue weighted by Gasteiger charge is 2.10. The van der Waals surface area contributed by atoms with E-state index in [0.717, 1.165) is 5.57 Å². The number of ether oxygens (including phenoxy) is 1. The Labute approximate surface area is 96.1 Å². The lowest BCUT2D eigenvalue weighted by Crippen LogP contribution is -2.25. The predicted octanol–water partition coefficient (Wildman–Crippen LogP) is 2.39. The number of carbonyl (C=O) groups is 1. The van der Waals surface area contributed by atoms with E-state index in [9.17, 15) is 4.79 Å². The van der Waals surface area contributed by atoms with Gasteiger partial charge in [0.25, 0.3) is 5.91 Å². The van der Waals surface area contributed by atoms with E-state index < -0.39 is 0 Å². The van der Waals surface area contributed by atoms with E-state index in [1.54, 1.807) is 12.1 Å². The fraction of sp³-hybridized carbons (Fsp3) is 0.308. The zero-order valence-electron chi connectivity index (χ0n) is 9.75. The first-order valence-electron chi connectivity index (χ1n) is 5.29. The van der Waals surface area contributed by atoms with Gasteiger partial charge in [0.1, 0.15) is 5.75 Å². The Morgan fingerprint density at radius 2 is 2.12 bits per heavy atom. The van der Waals surface area contributed by atoms with Gasteiger partial charge >= 0.3 is 0 Å². The summed E-state index contributed by atoms with van der Waals surface area (Å²) in [5, 5.41) is 2.78. The zero-order chi connectivity index (χ0) is 12.0. The molecule has 0 bridgehead atoms. The number of amides is 1. The molecule has 0 aromatic heterocycles. The normalized spacial score (nSPS) is 9.62. The number of hydrogen-bond donors (Lipinski definition) is 1. The minimum Gasteiger partial charge on any atom is -0.493 e. The summed E-state index contributed by atoms with van der Waals surface area (Å²) in [6, 6.07) is 7.21. The molecule has 0 heterocycles. The molecule has 0 unspecified atom stereocenters. The van der Waals surface area contributed by atoms with Crippen LogP contribution in [0.5, 0.6) is 5.75 Å². The van der Waals surface area contributed by atoms with Crippen LogP contribution in [0.3, 0.4) is 0 Å². The van der Waals surface area contributed by atoms with Crippen LogP contribution < -0.4 is 10.1 Å². The van der Waals surface area contributed by atoms with E-state index >= 15 is 0 Å². The number of para-hydroxylation sites is 1. The lowest BCUT2D eigenvalue weighted by atomic mass is 10.2. The van der Waals surface area contributed by atoms with Gasteiger partial charge in [-0.05, 0) is 26.0 Å². The third-order valence-corrected chi connectivity index (χ3v) is 1.98. The van der Waals surface area contributed by atoms with E-state index in [2.05, 4.69) is 11.9 Å². The summed E-state index contributed by atoms with van der Waals surface area (Å²) in [5.41, 5.74) is 1.48. The third kappa shape index (κ3) is 3.42. The largest absolute Gasteiger partial charge is 0.493 e. The van der Waals surface area contributed by atoms with Crippen molar-refractivity contribution in [3.63, 3.8) is 0 Å². The Morgan fingerprint density at radius 3 is 2.75 bits per heavy atom. The first-order valence-corrected chi connectivity index (χ1v) is 5.29. The van der Waals surface area contributed by atoms with Crippen LogP contribution in [0.25, 0.3) is 0 Å². The molecular formula is C13H17NO2. The van der Waals surface area contributed by atoms with Gasteiger partial charge in [-0.15, -0.1) is 0 Å². The molecule has 86 valence electrons. The van der Waals surface area contributed by atoms with Gasteiger partial charge in [-0.3, -0.25) is 4.79 Å². The van der Waals surface area contributed by atoms with Crippen molar-refractivity contribution in [2.24, 2.45) is 0 Å². The molecule has 0 radical (unpaired) electrons. The molecule has 1 N–H and O–H groups in total. The van der Waals surface area contributed by atoms with Gasteiger partial charge in [0.05, 0.1) is 12.2 Å². The highest BCUT2D eigenvalue weighted by atomic mass is 16.5. The SMILES string of the molecule is C=C(C)CNC(=O)c1ccccc1OCC. The van der Waals surface area contributed by atoms with Crippen molar-refractivity contribution < 1.29 is 9.53 Å². The molecule has 0 fully saturated rings. The first-order chi connectivity index (χ1) is 7.65. The standard InChI is InChI=1S/C13H17NO2/c1-4-16-12-8-6-5-7-11(12)13(15)14-9-10(2)3/h5-8H,2,4,9H2,1,3H3,(H,14,15). The van der Waals surface area contributed by atoms with E-state index in [0.29, 0.717) is 24.5 Å². The smallest absolute Gasteiger partial charge is 0.255 e. The number of nitrogens with one attached hydrogen (secondary N) is 1. The van der Waals surface area contributed by atoms with Gasteiger partial charge in [-0.1, -0.05) is 24.3 Å². The second-order valence-corrected chi connectivity index (χ2v) is 3.57. The summed E-state index contributed by atoms with van der Waals surface area (Å²) in [6.07, 6.45) is 0. The molecule has 1 aromatic carbocycles. The van der Waals surface area contributed by atoms with E-state index in [1.165, 1.54) is 0 Å². The molecular weight excluding hydrogens is 202 g/mol. The van der Waals surface area contributed by atoms with Crippen molar-refractivity contribution in [3.8, 4) is 5.75 Å². The van der Waals surface area contributed by atoms with Crippen LogP contribution >= 0.6 is 0 Å². The lowest BCUT2D eigenvalue weighted by molar-refractivity contribution is 0.0953. The summed E-state index contributed by atoms with van der Waals surface area (Å²) in [5.74, 6) is 0.483. The molecule has 1 aromatic rings. The Hall–Kier alpha value is -1.77. The Morgan fingerprint density at radius 1 is 1.44 bits per heavy atom. The molecule has 0 spiro atoms. The molecule has 3 nitrogen and oxygen atoms in total. The van der Waals surface area contributed by atoms with Crippen LogP contribution in [0.2, 0.25) is 0 Å². The van der Waals surface area contributed by atoms with Crippen molar-refractivity contribution in [2.45, 2.75) is 13.8 Å². The van der Waals surface area contributed by atoms with E-state index in [-0.39, 0.29) is 5.91 Å². The minimum atomic E-state index is -0.132. The van der Waals surface area contributed by atoms with Gasteiger partial charge in [0.15, 0.2) is 0 Å². The Kier molecular flexibility index (Phi) is 4.58. The molecule has 16 heavy (non-hydrogen) atoms. The summed E-state index contributed by atoms with van der Waals surface area (Å²) >= 11 is 0. The van der Waals surface area contributed by atoms with Crippen LogP contribution in [-0.4, -0.2) is 19.1 Å². The van der Waals surface area contributed by atoms with Crippen LogP contribution in [0, 0.1) is 0 Å². The number of hydrogen-bond acceptors (Lipinski definition) is 2. The van der Waals surface area contributed by atoms with Crippen LogP contribution in [-0.2, 0) is 0 Å². The summed E-state index contributed by atoms with van der Waals surface area (Å²) in [4.78, 5) is 11.8. The average Bonchev–Trinajstić information content (AvgIpc) is 2.27. The van der Waals surface area contributed by atoms with Crippen molar-refractivity contribution in [3.05, 3.63) is 42.0 Å². The molecule has 0 aliphatic rings. The first kappa shape index (κ1) is 12.3. The Bertz CT molecular complexity index is 385. The lowest BCUT2D eigenvalue weighted by Gasteiger charge is -2.10. The molecule has 0 atom stereocenters. The molecule has 3 heteroatoms. The fourth-order valence-electron chi connectivity index (χ4n) is 1.26. The highest BCUT2D eigenvalue weighted by Crippen LogP contribution is 2.17. The fourth-order valence-corrected chi connectivity index (χ4v) is 1.26. The van der Waals surface area contributed by atoms with Crippen molar-refractivity contribution in [1.82, 2.24) is 5.32 Å². The van der Waals surface area contributed by atoms with Crippen LogP contribution in [0.15, 0.2) is 36.4 Å². The maximum Gasteiger partial charge on any atom is 0.255 e. The highest BCUT2D eigenvalue weighted by molar-refractivity contribution is 5.97. The monoisotopic (exact) mass is 219 g/mol. The number of rotatable bonds is 5. The second kappa shape index (κ2) is 5.95. The van der Waals surface area contributed by atoms with Gasteiger partial charge < -0.3 is 10.1 Å². The topological polar surface area (TPSA) is 38.3 Å². The Balaban J connectivity index is 2.77. The summed E-state index contributed by atoms with van der Waals surface area (Å²) in [7, 11) is 0. The molecule has 0 saturated heterocycles. The van der Waals surface area contributed by atoms with E-state index in [1.807, 2.05) is 26.0 Å². The second-order valence-electron chi connectivity index (χ2n) is 3.57. The quantitative estimate of drug-likeness (QED) is 0.772. The number of carbonyl (C=O) groups excluding carboxylic acids is 1. The van der Waals surface area contributed by atoms with E-state index in [4.69, 9.17) is 4.74 Å². The molecule has 1 rings (SSSR count). The molecule has 0 saturated carbocycles. The summed E-state index contributed by atoms with van der Waals surface area (Å²) < 4.78 is 5.38. The maximum atomic E-state index is 11.8. The van der Waals surface area contributed by atoms with Crippen molar-refractivity contribution >= 4 is 5.91 Å².